The number of benzene rings is 2. The molecule has 0 aliphatic rings. The van der Waals surface area contributed by atoms with Crippen LogP contribution in [0.4, 0.5) is 0 Å². The first-order chi connectivity index (χ1) is 15.5. The number of hydrogen-bond donors (Lipinski definition) is 7. The molecule has 10 heteroatoms. The van der Waals surface area contributed by atoms with Gasteiger partial charge >= 0.3 is 0 Å². The number of H-pyrrole nitrogens is 1. The van der Waals surface area contributed by atoms with Gasteiger partial charge in [-0.1, -0.05) is 42.5 Å². The zero-order valence-corrected chi connectivity index (χ0v) is 18.9. The van der Waals surface area contributed by atoms with E-state index in [2.05, 4.69) is 20.9 Å². The van der Waals surface area contributed by atoms with E-state index in [1.807, 2.05) is 30.5 Å². The van der Waals surface area contributed by atoms with Gasteiger partial charge in [0.15, 0.2) is 0 Å². The summed E-state index contributed by atoms with van der Waals surface area (Å²) in [5.74, 6) is -0.772. The third-order valence-electron chi connectivity index (χ3n) is 5.13. The van der Waals surface area contributed by atoms with Gasteiger partial charge in [0.05, 0.1) is 13.2 Å². The number of fused-ring (bicyclic) bond motifs is 1. The molecule has 0 saturated heterocycles. The number of carbonyl (C=O) groups is 2. The van der Waals surface area contributed by atoms with Gasteiger partial charge in [0.2, 0.25) is 11.8 Å². The van der Waals surface area contributed by atoms with Crippen LogP contribution in [0, 0.1) is 5.41 Å². The predicted molar refractivity (Wildman–Crippen MR) is 130 cm³/mol. The Labute approximate surface area is 198 Å². The van der Waals surface area contributed by atoms with Gasteiger partial charge in [-0.15, -0.1) is 12.4 Å². The lowest BCUT2D eigenvalue weighted by Gasteiger charge is -2.16. The van der Waals surface area contributed by atoms with Crippen LogP contribution in [0.3, 0.4) is 0 Å². The van der Waals surface area contributed by atoms with Gasteiger partial charge in [0.1, 0.15) is 11.9 Å². The van der Waals surface area contributed by atoms with Crippen LogP contribution in [0.15, 0.2) is 54.7 Å². The first kappa shape index (κ1) is 25.9. The maximum atomic E-state index is 12.3. The Morgan fingerprint density at radius 2 is 1.82 bits per heavy atom. The number of para-hydroxylation sites is 1. The molecule has 33 heavy (non-hydrogen) atoms. The second-order valence-electron chi connectivity index (χ2n) is 7.40. The van der Waals surface area contributed by atoms with Crippen molar-refractivity contribution in [2.45, 2.75) is 19.0 Å². The predicted octanol–water partition coefficient (Wildman–Crippen LogP) is 0.799. The number of nitrogen functional groups attached to an aromatic ring is 1. The van der Waals surface area contributed by atoms with E-state index in [0.29, 0.717) is 25.1 Å². The molecule has 0 bridgehead atoms. The molecule has 9 nitrogen and oxygen atoms in total. The molecule has 0 aliphatic carbocycles. The van der Waals surface area contributed by atoms with Crippen LogP contribution in [0.25, 0.3) is 10.9 Å². The highest BCUT2D eigenvalue weighted by Gasteiger charge is 2.17. The minimum atomic E-state index is -0.846. The maximum Gasteiger partial charge on any atom is 0.239 e. The molecular formula is C23H29ClN6O3. The summed E-state index contributed by atoms with van der Waals surface area (Å²) in [5, 5.41) is 26.3. The van der Waals surface area contributed by atoms with Crippen LogP contribution in [0.1, 0.15) is 16.7 Å². The Morgan fingerprint density at radius 3 is 2.52 bits per heavy atom. The number of rotatable bonds is 11. The van der Waals surface area contributed by atoms with E-state index in [1.165, 1.54) is 0 Å². The first-order valence-electron chi connectivity index (χ1n) is 10.3. The molecule has 2 aromatic carbocycles. The van der Waals surface area contributed by atoms with Crippen LogP contribution in [0.5, 0.6) is 0 Å². The first-order valence-corrected chi connectivity index (χ1v) is 10.3. The Bertz CT molecular complexity index is 1080. The average Bonchev–Trinajstić information content (AvgIpc) is 3.21. The number of nitrogens with one attached hydrogen (secondary N) is 5. The van der Waals surface area contributed by atoms with Crippen molar-refractivity contribution < 1.29 is 14.7 Å². The topological polar surface area (TPSA) is 156 Å². The monoisotopic (exact) mass is 472 g/mol. The molecule has 1 atom stereocenters. The average molecular weight is 473 g/mol. The van der Waals surface area contributed by atoms with Crippen LogP contribution in [0.2, 0.25) is 0 Å². The SMILES string of the molecule is Cl.N=C(N)c1ccc(CNC(CO)C(=O)NCC(=O)NCCc2c[nH]c3ccccc23)cc1. The number of amides is 2. The second kappa shape index (κ2) is 12.6. The van der Waals surface area contributed by atoms with Crippen molar-refractivity contribution in [1.29, 1.82) is 5.41 Å². The summed E-state index contributed by atoms with van der Waals surface area (Å²) < 4.78 is 0. The fraction of sp³-hybridized carbons (Fsp3) is 0.261. The highest BCUT2D eigenvalue weighted by molar-refractivity contribution is 5.94. The minimum Gasteiger partial charge on any atom is -0.394 e. The molecule has 0 fully saturated rings. The van der Waals surface area contributed by atoms with E-state index in [1.54, 1.807) is 24.3 Å². The summed E-state index contributed by atoms with van der Waals surface area (Å²) >= 11 is 0. The summed E-state index contributed by atoms with van der Waals surface area (Å²) in [6.45, 7) is 0.222. The van der Waals surface area contributed by atoms with Gasteiger partial charge in [0, 0.05) is 35.8 Å². The lowest BCUT2D eigenvalue weighted by atomic mass is 10.1. The van der Waals surface area contributed by atoms with Crippen molar-refractivity contribution in [2.24, 2.45) is 5.73 Å². The molecule has 2 amide bonds. The Kier molecular flexibility index (Phi) is 9.86. The Morgan fingerprint density at radius 1 is 1.09 bits per heavy atom. The summed E-state index contributed by atoms with van der Waals surface area (Å²) in [7, 11) is 0. The number of amidine groups is 1. The van der Waals surface area contributed by atoms with E-state index in [4.69, 9.17) is 11.1 Å². The third-order valence-corrected chi connectivity index (χ3v) is 5.13. The normalized spacial score (nSPS) is 11.4. The highest BCUT2D eigenvalue weighted by atomic mass is 35.5. The number of aliphatic hydroxyl groups excluding tert-OH is 1. The van der Waals surface area contributed by atoms with E-state index in [0.717, 1.165) is 22.0 Å². The molecule has 8 N–H and O–H groups in total. The molecule has 1 heterocycles. The molecule has 0 spiro atoms. The van der Waals surface area contributed by atoms with E-state index < -0.39 is 18.6 Å². The number of halogens is 1. The molecule has 0 radical (unpaired) electrons. The van der Waals surface area contributed by atoms with Gasteiger partial charge in [-0.05, 0) is 23.6 Å². The number of carbonyl (C=O) groups excluding carboxylic acids is 2. The molecule has 0 saturated carbocycles. The van der Waals surface area contributed by atoms with Gasteiger partial charge in [0.25, 0.3) is 0 Å². The summed E-state index contributed by atoms with van der Waals surface area (Å²) in [6, 6.07) is 14.1. The molecule has 0 aliphatic heterocycles. The molecular weight excluding hydrogens is 444 g/mol. The Hall–Kier alpha value is -3.40. The van der Waals surface area contributed by atoms with E-state index in [-0.39, 0.29) is 30.7 Å². The number of aliphatic hydroxyl groups is 1. The maximum absolute atomic E-state index is 12.3. The van der Waals surface area contributed by atoms with Crippen LogP contribution in [-0.4, -0.2) is 53.5 Å². The van der Waals surface area contributed by atoms with Crippen molar-refractivity contribution in [1.82, 2.24) is 20.9 Å². The van der Waals surface area contributed by atoms with Crippen molar-refractivity contribution in [3.8, 4) is 0 Å². The molecule has 176 valence electrons. The summed E-state index contributed by atoms with van der Waals surface area (Å²) in [6.07, 6.45) is 2.61. The van der Waals surface area contributed by atoms with E-state index >= 15 is 0 Å². The van der Waals surface area contributed by atoms with Crippen molar-refractivity contribution >= 4 is 41.0 Å². The minimum absolute atomic E-state index is 0. The van der Waals surface area contributed by atoms with Gasteiger partial charge in [-0.3, -0.25) is 20.3 Å². The smallest absolute Gasteiger partial charge is 0.239 e. The van der Waals surface area contributed by atoms with Gasteiger partial charge < -0.3 is 26.5 Å². The molecule has 3 aromatic rings. The van der Waals surface area contributed by atoms with E-state index in [9.17, 15) is 14.7 Å². The fourth-order valence-corrected chi connectivity index (χ4v) is 3.31. The van der Waals surface area contributed by atoms with Crippen LogP contribution in [-0.2, 0) is 22.6 Å². The summed E-state index contributed by atoms with van der Waals surface area (Å²) in [4.78, 5) is 27.6. The number of hydrogen-bond acceptors (Lipinski definition) is 5. The van der Waals surface area contributed by atoms with Crippen molar-refractivity contribution in [2.75, 3.05) is 19.7 Å². The molecule has 1 unspecified atom stereocenters. The number of nitrogens with two attached hydrogens (primary N) is 1. The second-order valence-corrected chi connectivity index (χ2v) is 7.40. The zero-order valence-electron chi connectivity index (χ0n) is 18.1. The Balaban J connectivity index is 0.00000385. The fourth-order valence-electron chi connectivity index (χ4n) is 3.31. The van der Waals surface area contributed by atoms with Crippen LogP contribution >= 0.6 is 12.4 Å². The van der Waals surface area contributed by atoms with Crippen LogP contribution < -0.4 is 21.7 Å². The number of aromatic nitrogens is 1. The zero-order chi connectivity index (χ0) is 22.9. The lowest BCUT2D eigenvalue weighted by Crippen LogP contribution is -2.48. The van der Waals surface area contributed by atoms with Crippen molar-refractivity contribution in [3.05, 3.63) is 71.4 Å². The highest BCUT2D eigenvalue weighted by Crippen LogP contribution is 2.17. The largest absolute Gasteiger partial charge is 0.394 e. The van der Waals surface area contributed by atoms with Gasteiger partial charge in [-0.2, -0.15) is 0 Å². The molecule has 3 rings (SSSR count). The molecule has 1 aromatic heterocycles. The third kappa shape index (κ3) is 7.31. The summed E-state index contributed by atoms with van der Waals surface area (Å²) in [5.41, 5.74) is 9.08. The van der Waals surface area contributed by atoms with Crippen molar-refractivity contribution in [3.63, 3.8) is 0 Å². The lowest BCUT2D eigenvalue weighted by molar-refractivity contribution is -0.128. The standard InChI is InChI=1S/C23H28N6O3.ClH/c24-22(25)16-7-5-15(6-8-16)11-27-20(14-30)23(32)29-13-21(31)26-10-9-17-12-28-19-4-2-1-3-18(17)19;/h1-8,12,20,27-28,30H,9-11,13-14H2,(H3,24,25)(H,26,31)(H,29,32);1H. The quantitative estimate of drug-likeness (QED) is 0.162. The number of aromatic amines is 1. The van der Waals surface area contributed by atoms with Gasteiger partial charge in [-0.25, -0.2) is 0 Å².